The fourth-order valence-electron chi connectivity index (χ4n) is 3.85. The Bertz CT molecular complexity index is 1070. The Balaban J connectivity index is 1.51. The van der Waals surface area contributed by atoms with E-state index in [2.05, 4.69) is 15.0 Å². The summed E-state index contributed by atoms with van der Waals surface area (Å²) < 4.78 is 65.0. The summed E-state index contributed by atoms with van der Waals surface area (Å²) in [6.07, 6.45) is -2.39. The summed E-state index contributed by atoms with van der Waals surface area (Å²) >= 11 is 0. The van der Waals surface area contributed by atoms with E-state index in [1.54, 1.807) is 6.20 Å². The van der Waals surface area contributed by atoms with Gasteiger partial charge in [-0.15, -0.1) is 0 Å². The second-order valence-electron chi connectivity index (χ2n) is 7.64. The average molecular weight is 446 g/mol. The zero-order chi connectivity index (χ0) is 21.7. The maximum Gasteiger partial charge on any atom is 0.389 e. The zero-order valence-corrected chi connectivity index (χ0v) is 17.0. The predicted molar refractivity (Wildman–Crippen MR) is 102 cm³/mol. The molecule has 2 aliphatic rings. The van der Waals surface area contributed by atoms with Crippen molar-refractivity contribution in [1.29, 1.82) is 0 Å². The molecule has 1 saturated carbocycles. The van der Waals surface area contributed by atoms with Gasteiger partial charge in [0.1, 0.15) is 17.8 Å². The lowest BCUT2D eigenvalue weighted by molar-refractivity contribution is -0.146. The molecule has 4 rings (SSSR count). The van der Waals surface area contributed by atoms with Gasteiger partial charge in [0.2, 0.25) is 5.91 Å². The molecule has 164 valence electrons. The molecule has 0 unspecified atom stereocenters. The van der Waals surface area contributed by atoms with Gasteiger partial charge in [0.15, 0.2) is 0 Å². The number of carbonyl (C=O) groups excluding carboxylic acids is 1. The monoisotopic (exact) mass is 446 g/mol. The fraction of sp³-hybridized carbons (Fsp3) is 0.588. The lowest BCUT2D eigenvalue weighted by atomic mass is 10.2. The highest BCUT2D eigenvalue weighted by molar-refractivity contribution is 7.87. The van der Waals surface area contributed by atoms with E-state index < -0.39 is 40.7 Å². The minimum absolute atomic E-state index is 0.106. The van der Waals surface area contributed by atoms with E-state index in [-0.39, 0.29) is 6.54 Å². The molecular formula is C17H21F3N6O3S. The fourth-order valence-corrected chi connectivity index (χ4v) is 5.53. The van der Waals surface area contributed by atoms with Gasteiger partial charge in [-0.3, -0.25) is 4.79 Å². The Kier molecular flexibility index (Phi) is 4.92. The molecule has 30 heavy (non-hydrogen) atoms. The number of amides is 1. The molecule has 13 heteroatoms. The van der Waals surface area contributed by atoms with Crippen molar-refractivity contribution in [3.63, 3.8) is 0 Å². The molecule has 1 spiro atoms. The second kappa shape index (κ2) is 7.08. The first-order chi connectivity index (χ1) is 14.0. The number of halogens is 3. The Morgan fingerprint density at radius 3 is 2.70 bits per heavy atom. The summed E-state index contributed by atoms with van der Waals surface area (Å²) in [6, 6.07) is 1.85. The Morgan fingerprint density at radius 1 is 1.30 bits per heavy atom. The van der Waals surface area contributed by atoms with E-state index in [9.17, 15) is 26.4 Å². The van der Waals surface area contributed by atoms with Crippen molar-refractivity contribution in [1.82, 2.24) is 23.6 Å². The third-order valence-electron chi connectivity index (χ3n) is 5.65. The largest absolute Gasteiger partial charge is 0.389 e. The van der Waals surface area contributed by atoms with E-state index in [4.69, 9.17) is 0 Å². The summed E-state index contributed by atoms with van der Waals surface area (Å²) in [7, 11) is -3.21. The van der Waals surface area contributed by atoms with Crippen LogP contribution in [0.5, 0.6) is 0 Å². The first-order valence-corrected chi connectivity index (χ1v) is 10.8. The smallest absolute Gasteiger partial charge is 0.353 e. The number of rotatable bonds is 5. The van der Waals surface area contributed by atoms with Gasteiger partial charge in [-0.2, -0.15) is 25.9 Å². The van der Waals surface area contributed by atoms with Crippen molar-refractivity contribution in [3.8, 4) is 0 Å². The van der Waals surface area contributed by atoms with E-state index in [1.165, 1.54) is 10.6 Å². The van der Waals surface area contributed by atoms with Gasteiger partial charge < -0.3 is 9.88 Å². The number of aromatic amines is 1. The summed E-state index contributed by atoms with van der Waals surface area (Å²) in [5.74, 6) is -0.380. The maximum atomic E-state index is 13.0. The first kappa shape index (κ1) is 20.8. The van der Waals surface area contributed by atoms with Crippen molar-refractivity contribution in [2.24, 2.45) is 0 Å². The van der Waals surface area contributed by atoms with E-state index in [0.29, 0.717) is 41.7 Å². The molecule has 0 aromatic carbocycles. The van der Waals surface area contributed by atoms with Crippen LogP contribution in [0.1, 0.15) is 25.7 Å². The number of hydrogen-bond donors (Lipinski definition) is 1. The molecule has 2 aromatic heterocycles. The standard InChI is InChI=1S/C17H21F3N6O3S/c1-24(13(27)2-4-17(18,19)20)30(28,29)26-9-8-25(10-16(26)5-6-16)15-12-3-7-21-14(12)22-11-23-15/h3,7,11H,2,4-6,8-10H2,1H3,(H,21,22,23). The predicted octanol–water partition coefficient (Wildman–Crippen LogP) is 1.66. The van der Waals surface area contributed by atoms with Gasteiger partial charge in [0.05, 0.1) is 17.3 Å². The van der Waals surface area contributed by atoms with Crippen molar-refractivity contribution >= 4 is 33.0 Å². The topological polar surface area (TPSA) is 102 Å². The van der Waals surface area contributed by atoms with Gasteiger partial charge in [0, 0.05) is 39.3 Å². The highest BCUT2D eigenvalue weighted by atomic mass is 32.2. The van der Waals surface area contributed by atoms with Crippen LogP contribution in [-0.4, -0.2) is 76.3 Å². The Hall–Kier alpha value is -2.41. The molecule has 9 nitrogen and oxygen atoms in total. The van der Waals surface area contributed by atoms with E-state index >= 15 is 0 Å². The van der Waals surface area contributed by atoms with Gasteiger partial charge in [-0.1, -0.05) is 0 Å². The van der Waals surface area contributed by atoms with Gasteiger partial charge in [-0.25, -0.2) is 14.3 Å². The summed E-state index contributed by atoms with van der Waals surface area (Å²) in [6.45, 7) is 0.825. The summed E-state index contributed by atoms with van der Waals surface area (Å²) in [4.78, 5) is 25.6. The van der Waals surface area contributed by atoms with Crippen LogP contribution < -0.4 is 4.90 Å². The Labute approximate surface area is 171 Å². The lowest BCUT2D eigenvalue weighted by Gasteiger charge is -2.42. The number of anilines is 1. The van der Waals surface area contributed by atoms with Crippen LogP contribution in [0.2, 0.25) is 0 Å². The first-order valence-electron chi connectivity index (χ1n) is 9.43. The van der Waals surface area contributed by atoms with E-state index in [1.807, 2.05) is 11.0 Å². The number of nitrogens with zero attached hydrogens (tertiary/aromatic N) is 5. The number of hydrogen-bond acceptors (Lipinski definition) is 6. The van der Waals surface area contributed by atoms with Gasteiger partial charge in [-0.05, 0) is 18.9 Å². The highest BCUT2D eigenvalue weighted by Gasteiger charge is 2.57. The normalized spacial score (nSPS) is 19.4. The van der Waals surface area contributed by atoms with Crippen LogP contribution in [0, 0.1) is 0 Å². The lowest BCUT2D eigenvalue weighted by Crippen LogP contribution is -2.60. The van der Waals surface area contributed by atoms with Crippen LogP contribution in [-0.2, 0) is 15.0 Å². The molecule has 2 fully saturated rings. The molecule has 0 radical (unpaired) electrons. The molecule has 1 saturated heterocycles. The molecule has 2 aromatic rings. The number of carbonyl (C=O) groups is 1. The zero-order valence-electron chi connectivity index (χ0n) is 16.2. The minimum atomic E-state index is -4.52. The molecule has 1 amide bonds. The minimum Gasteiger partial charge on any atom is -0.353 e. The highest BCUT2D eigenvalue weighted by Crippen LogP contribution is 2.47. The average Bonchev–Trinajstić information content (AvgIpc) is 3.26. The van der Waals surface area contributed by atoms with Crippen molar-refractivity contribution in [2.75, 3.05) is 31.6 Å². The van der Waals surface area contributed by atoms with Crippen molar-refractivity contribution in [2.45, 2.75) is 37.4 Å². The number of nitrogens with one attached hydrogen (secondary N) is 1. The SMILES string of the molecule is CN(C(=O)CCC(F)(F)F)S(=O)(=O)N1CCN(c2ncnc3[nH]ccc23)CC12CC2. The van der Waals surface area contributed by atoms with Crippen LogP contribution >= 0.6 is 0 Å². The van der Waals surface area contributed by atoms with Crippen molar-refractivity contribution < 1.29 is 26.4 Å². The molecule has 0 atom stereocenters. The van der Waals surface area contributed by atoms with Gasteiger partial charge >= 0.3 is 16.4 Å². The van der Waals surface area contributed by atoms with Crippen LogP contribution in [0.4, 0.5) is 19.0 Å². The third kappa shape index (κ3) is 3.71. The second-order valence-corrected chi connectivity index (χ2v) is 9.52. The quantitative estimate of drug-likeness (QED) is 0.750. The Morgan fingerprint density at radius 2 is 2.03 bits per heavy atom. The number of piperazine rings is 1. The maximum absolute atomic E-state index is 13.0. The van der Waals surface area contributed by atoms with Crippen molar-refractivity contribution in [3.05, 3.63) is 18.6 Å². The summed E-state index contributed by atoms with van der Waals surface area (Å²) in [5, 5.41) is 0.823. The van der Waals surface area contributed by atoms with E-state index in [0.717, 1.165) is 12.4 Å². The molecule has 0 bridgehead atoms. The van der Waals surface area contributed by atoms with Crippen LogP contribution in [0.25, 0.3) is 11.0 Å². The number of aromatic nitrogens is 3. The number of fused-ring (bicyclic) bond motifs is 1. The van der Waals surface area contributed by atoms with Crippen LogP contribution in [0.3, 0.4) is 0 Å². The number of alkyl halides is 3. The molecule has 1 aliphatic carbocycles. The number of H-pyrrole nitrogens is 1. The molecule has 1 aliphatic heterocycles. The molecule has 3 heterocycles. The third-order valence-corrected chi connectivity index (χ3v) is 7.67. The van der Waals surface area contributed by atoms with Gasteiger partial charge in [0.25, 0.3) is 0 Å². The van der Waals surface area contributed by atoms with Crippen LogP contribution in [0.15, 0.2) is 18.6 Å². The summed E-state index contributed by atoms with van der Waals surface area (Å²) in [5.41, 5.74) is -0.0154. The molecular weight excluding hydrogens is 425 g/mol. The molecule has 1 N–H and O–H groups in total.